The summed E-state index contributed by atoms with van der Waals surface area (Å²) in [5.74, 6) is -0.190. The van der Waals surface area contributed by atoms with Crippen molar-refractivity contribution < 1.29 is 14.6 Å². The van der Waals surface area contributed by atoms with Gasteiger partial charge in [-0.3, -0.25) is 4.79 Å². The zero-order valence-corrected chi connectivity index (χ0v) is 11.8. The summed E-state index contributed by atoms with van der Waals surface area (Å²) in [4.78, 5) is 11.9. The first-order chi connectivity index (χ1) is 9.17. The zero-order valence-electron chi connectivity index (χ0n) is 11.8. The highest BCUT2D eigenvalue weighted by Crippen LogP contribution is 2.52. The van der Waals surface area contributed by atoms with Gasteiger partial charge in [0.15, 0.2) is 0 Å². The van der Waals surface area contributed by atoms with Crippen molar-refractivity contribution >= 4 is 5.97 Å². The number of ether oxygens (including phenoxy) is 1. The number of hydrogen-bond donors (Lipinski definition) is 1. The fourth-order valence-corrected chi connectivity index (χ4v) is 4.85. The molecule has 1 saturated heterocycles. The Labute approximate surface area is 115 Å². The number of hydrogen-bond acceptors (Lipinski definition) is 2. The average molecular weight is 266 g/mol. The van der Waals surface area contributed by atoms with Crippen molar-refractivity contribution in [3.63, 3.8) is 0 Å². The summed E-state index contributed by atoms with van der Waals surface area (Å²) in [6, 6.07) is 0. The third-order valence-corrected chi connectivity index (χ3v) is 5.96. The second-order valence-corrected chi connectivity index (χ2v) is 6.95. The van der Waals surface area contributed by atoms with E-state index in [9.17, 15) is 9.90 Å². The molecule has 1 heterocycles. The van der Waals surface area contributed by atoms with Crippen LogP contribution in [-0.2, 0) is 9.53 Å². The molecule has 0 radical (unpaired) electrons. The van der Waals surface area contributed by atoms with Crippen LogP contribution in [0.4, 0.5) is 0 Å². The topological polar surface area (TPSA) is 46.5 Å². The van der Waals surface area contributed by atoms with E-state index in [0.29, 0.717) is 5.92 Å². The van der Waals surface area contributed by atoms with Crippen LogP contribution in [-0.4, -0.2) is 23.3 Å². The molecule has 0 aromatic heterocycles. The highest BCUT2D eigenvalue weighted by molar-refractivity contribution is 5.75. The first-order valence-electron chi connectivity index (χ1n) is 8.04. The Kier molecular flexibility index (Phi) is 3.59. The lowest BCUT2D eigenvalue weighted by Crippen LogP contribution is -2.48. The molecular formula is C16H26O3. The van der Waals surface area contributed by atoms with Crippen LogP contribution in [0.2, 0.25) is 0 Å². The molecule has 0 amide bonds. The minimum absolute atomic E-state index is 0.0445. The monoisotopic (exact) mass is 266 g/mol. The van der Waals surface area contributed by atoms with Gasteiger partial charge < -0.3 is 9.84 Å². The second kappa shape index (κ2) is 5.08. The molecule has 1 N–H and O–H groups in total. The van der Waals surface area contributed by atoms with Gasteiger partial charge >= 0.3 is 5.97 Å². The predicted octanol–water partition coefficient (Wildman–Crippen LogP) is 3.76. The van der Waals surface area contributed by atoms with Gasteiger partial charge in [0.05, 0.1) is 11.0 Å². The Hall–Kier alpha value is -0.570. The number of carbonyl (C=O) groups is 1. The van der Waals surface area contributed by atoms with Crippen molar-refractivity contribution in [2.24, 2.45) is 11.3 Å². The second-order valence-electron chi connectivity index (χ2n) is 6.95. The van der Waals surface area contributed by atoms with E-state index in [0.717, 1.165) is 58.0 Å². The molecule has 0 aromatic rings. The molecule has 1 unspecified atom stereocenters. The number of carboxylic acid groups (broad SMARTS) is 1. The van der Waals surface area contributed by atoms with E-state index < -0.39 is 11.4 Å². The predicted molar refractivity (Wildman–Crippen MR) is 73.0 cm³/mol. The minimum atomic E-state index is -0.535. The summed E-state index contributed by atoms with van der Waals surface area (Å²) in [6.07, 6.45) is 12.0. The largest absolute Gasteiger partial charge is 0.481 e. The normalized spacial score (nSPS) is 33.4. The molecular weight excluding hydrogens is 240 g/mol. The summed E-state index contributed by atoms with van der Waals surface area (Å²) in [5, 5.41) is 9.83. The lowest BCUT2D eigenvalue weighted by molar-refractivity contribution is -0.167. The summed E-state index contributed by atoms with van der Waals surface area (Å²) in [7, 11) is 0. The highest BCUT2D eigenvalue weighted by Gasteiger charge is 2.51. The van der Waals surface area contributed by atoms with E-state index in [1.165, 1.54) is 19.3 Å². The molecule has 0 aromatic carbocycles. The van der Waals surface area contributed by atoms with Crippen LogP contribution in [0.15, 0.2) is 0 Å². The number of rotatable bonds is 2. The Balaban J connectivity index is 1.80. The van der Waals surface area contributed by atoms with Gasteiger partial charge in [-0.2, -0.15) is 0 Å². The minimum Gasteiger partial charge on any atom is -0.481 e. The molecule has 108 valence electrons. The van der Waals surface area contributed by atoms with Crippen molar-refractivity contribution in [1.29, 1.82) is 0 Å². The van der Waals surface area contributed by atoms with Gasteiger partial charge in [-0.1, -0.05) is 32.1 Å². The molecule has 3 heteroatoms. The molecule has 3 rings (SSSR count). The van der Waals surface area contributed by atoms with Crippen LogP contribution < -0.4 is 0 Å². The van der Waals surface area contributed by atoms with Crippen LogP contribution in [0.3, 0.4) is 0 Å². The van der Waals surface area contributed by atoms with E-state index >= 15 is 0 Å². The van der Waals surface area contributed by atoms with Crippen LogP contribution in [0.25, 0.3) is 0 Å². The van der Waals surface area contributed by atoms with E-state index in [1.54, 1.807) is 0 Å². The fourth-order valence-electron chi connectivity index (χ4n) is 4.85. The van der Waals surface area contributed by atoms with Gasteiger partial charge in [0.2, 0.25) is 0 Å². The summed E-state index contributed by atoms with van der Waals surface area (Å²) in [5.41, 5.74) is -0.388. The Bertz CT molecular complexity index is 338. The van der Waals surface area contributed by atoms with Crippen LogP contribution in [0.1, 0.15) is 70.6 Å². The van der Waals surface area contributed by atoms with Crippen LogP contribution in [0.5, 0.6) is 0 Å². The molecule has 1 atom stereocenters. The van der Waals surface area contributed by atoms with Crippen molar-refractivity contribution in [1.82, 2.24) is 0 Å². The van der Waals surface area contributed by atoms with Crippen LogP contribution in [0, 0.1) is 11.3 Å². The molecule has 3 fully saturated rings. The summed E-state index contributed by atoms with van der Waals surface area (Å²) >= 11 is 0. The lowest BCUT2D eigenvalue weighted by Gasteiger charge is -2.47. The van der Waals surface area contributed by atoms with Gasteiger partial charge in [0, 0.05) is 6.61 Å². The van der Waals surface area contributed by atoms with Gasteiger partial charge in [0.1, 0.15) is 0 Å². The molecule has 3 nitrogen and oxygen atoms in total. The molecule has 1 aliphatic heterocycles. The Morgan fingerprint density at radius 3 is 2.26 bits per heavy atom. The average Bonchev–Trinajstić information content (AvgIpc) is 2.87. The number of aliphatic carboxylic acids is 1. The maximum absolute atomic E-state index is 11.9. The first kappa shape index (κ1) is 13.4. The van der Waals surface area contributed by atoms with Gasteiger partial charge in [-0.05, 0) is 44.4 Å². The van der Waals surface area contributed by atoms with Gasteiger partial charge in [0.25, 0.3) is 0 Å². The van der Waals surface area contributed by atoms with Gasteiger partial charge in [-0.15, -0.1) is 0 Å². The van der Waals surface area contributed by atoms with Crippen molar-refractivity contribution in [3.8, 4) is 0 Å². The van der Waals surface area contributed by atoms with Crippen molar-refractivity contribution in [3.05, 3.63) is 0 Å². The molecule has 2 aliphatic carbocycles. The SMILES string of the molecule is O=C(O)C1(C2CCOC3(CCCC3)C2)CCCCC1. The quantitative estimate of drug-likeness (QED) is 0.827. The third kappa shape index (κ3) is 2.31. The fraction of sp³-hybridized carbons (Fsp3) is 0.938. The van der Waals surface area contributed by atoms with E-state index in [4.69, 9.17) is 4.74 Å². The van der Waals surface area contributed by atoms with Crippen LogP contribution >= 0.6 is 0 Å². The Morgan fingerprint density at radius 2 is 1.63 bits per heavy atom. The zero-order chi connectivity index (χ0) is 13.3. The Morgan fingerprint density at radius 1 is 1.00 bits per heavy atom. The smallest absolute Gasteiger partial charge is 0.309 e. The third-order valence-electron chi connectivity index (χ3n) is 5.96. The summed E-state index contributed by atoms with van der Waals surface area (Å²) < 4.78 is 6.08. The maximum Gasteiger partial charge on any atom is 0.309 e. The first-order valence-corrected chi connectivity index (χ1v) is 8.04. The number of carboxylic acids is 1. The molecule has 3 aliphatic rings. The van der Waals surface area contributed by atoms with Gasteiger partial charge in [-0.25, -0.2) is 0 Å². The van der Waals surface area contributed by atoms with E-state index in [2.05, 4.69) is 0 Å². The maximum atomic E-state index is 11.9. The highest BCUT2D eigenvalue weighted by atomic mass is 16.5. The van der Waals surface area contributed by atoms with Crippen molar-refractivity contribution in [2.45, 2.75) is 76.2 Å². The molecule has 1 spiro atoms. The lowest BCUT2D eigenvalue weighted by atomic mass is 9.61. The molecule has 19 heavy (non-hydrogen) atoms. The van der Waals surface area contributed by atoms with E-state index in [-0.39, 0.29) is 5.60 Å². The summed E-state index contributed by atoms with van der Waals surface area (Å²) in [6.45, 7) is 0.777. The molecule has 2 saturated carbocycles. The van der Waals surface area contributed by atoms with E-state index in [1.807, 2.05) is 0 Å². The van der Waals surface area contributed by atoms with Crippen molar-refractivity contribution in [2.75, 3.05) is 6.61 Å². The standard InChI is InChI=1S/C16H26O3/c17-14(18)16(9-2-1-3-10-16)13-6-11-19-15(12-13)7-4-5-8-15/h13H,1-12H2,(H,17,18). The molecule has 0 bridgehead atoms.